The third-order valence-corrected chi connectivity index (χ3v) is 5.93. The predicted molar refractivity (Wildman–Crippen MR) is 134 cm³/mol. The molecule has 168 valence electrons. The lowest BCUT2D eigenvalue weighted by Gasteiger charge is -2.16. The summed E-state index contributed by atoms with van der Waals surface area (Å²) in [6.45, 7) is 2.70. The molecular formula is C28H22ClN3O2. The van der Waals surface area contributed by atoms with Crippen molar-refractivity contribution in [1.82, 2.24) is 14.8 Å². The van der Waals surface area contributed by atoms with E-state index in [1.165, 1.54) is 0 Å². The maximum Gasteiger partial charge on any atom is 0.340 e. The second-order valence-corrected chi connectivity index (χ2v) is 8.51. The highest BCUT2D eigenvalue weighted by molar-refractivity contribution is 6.31. The van der Waals surface area contributed by atoms with Gasteiger partial charge in [0.05, 0.1) is 23.3 Å². The summed E-state index contributed by atoms with van der Waals surface area (Å²) >= 11 is 6.30. The van der Waals surface area contributed by atoms with Gasteiger partial charge in [0.2, 0.25) is 0 Å². The number of hydrogen-bond donors (Lipinski definition) is 0. The molecule has 34 heavy (non-hydrogen) atoms. The molecule has 5 rings (SSSR count). The Morgan fingerprint density at radius 3 is 2.47 bits per heavy atom. The van der Waals surface area contributed by atoms with Gasteiger partial charge in [0.1, 0.15) is 6.61 Å². The Hall–Kier alpha value is -3.96. The molecule has 0 spiro atoms. The van der Waals surface area contributed by atoms with Gasteiger partial charge in [-0.1, -0.05) is 66.2 Å². The average molecular weight is 468 g/mol. The highest BCUT2D eigenvalue weighted by Crippen LogP contribution is 2.35. The van der Waals surface area contributed by atoms with Gasteiger partial charge >= 0.3 is 5.97 Å². The van der Waals surface area contributed by atoms with Gasteiger partial charge in [-0.25, -0.2) is 4.79 Å². The quantitative estimate of drug-likeness (QED) is 0.269. The van der Waals surface area contributed by atoms with E-state index in [1.54, 1.807) is 12.3 Å². The molecule has 0 unspecified atom stereocenters. The summed E-state index contributed by atoms with van der Waals surface area (Å²) < 4.78 is 7.62. The molecule has 0 saturated heterocycles. The molecule has 0 atom stereocenters. The van der Waals surface area contributed by atoms with Gasteiger partial charge in [0, 0.05) is 28.4 Å². The first kappa shape index (κ1) is 21.9. The number of aryl methyl sites for hydroxylation is 1. The monoisotopic (exact) mass is 467 g/mol. The Kier molecular flexibility index (Phi) is 6.11. The lowest BCUT2D eigenvalue weighted by Crippen LogP contribution is -2.11. The van der Waals surface area contributed by atoms with Crippen molar-refractivity contribution in [3.05, 3.63) is 119 Å². The van der Waals surface area contributed by atoms with E-state index in [4.69, 9.17) is 16.3 Å². The van der Waals surface area contributed by atoms with Gasteiger partial charge in [-0.2, -0.15) is 5.10 Å². The number of carbonyl (C=O) groups excluding carboxylic acids is 1. The van der Waals surface area contributed by atoms with Crippen LogP contribution in [0.5, 0.6) is 0 Å². The maximum absolute atomic E-state index is 13.3. The first-order valence-electron chi connectivity index (χ1n) is 11.0. The summed E-state index contributed by atoms with van der Waals surface area (Å²) in [5, 5.41) is 5.64. The molecule has 2 heterocycles. The number of pyridine rings is 1. The standard InChI is InChI=1S/C28H22ClN3O2/c1-19-26(27(22-6-3-2-4-7-22)24-16-23(29)12-13-25(24)31-19)28(33)34-18-21-10-8-20(9-11-21)17-32-15-5-14-30-32/h2-16H,17-18H2,1H3. The molecule has 0 radical (unpaired) electrons. The number of carbonyl (C=O) groups is 1. The molecule has 0 amide bonds. The van der Waals surface area contributed by atoms with Gasteiger partial charge in [0.15, 0.2) is 0 Å². The number of benzene rings is 3. The van der Waals surface area contributed by atoms with Crippen LogP contribution in [0.1, 0.15) is 27.2 Å². The van der Waals surface area contributed by atoms with E-state index in [2.05, 4.69) is 10.1 Å². The van der Waals surface area contributed by atoms with Crippen LogP contribution in [-0.4, -0.2) is 20.7 Å². The molecule has 0 aliphatic rings. The molecule has 5 nitrogen and oxygen atoms in total. The molecular weight excluding hydrogens is 446 g/mol. The summed E-state index contributed by atoms with van der Waals surface area (Å²) in [4.78, 5) is 18.0. The molecule has 0 aliphatic heterocycles. The third kappa shape index (κ3) is 4.56. The zero-order chi connectivity index (χ0) is 23.5. The molecule has 5 aromatic rings. The van der Waals surface area contributed by atoms with Crippen molar-refractivity contribution in [2.45, 2.75) is 20.1 Å². The largest absolute Gasteiger partial charge is 0.457 e. The van der Waals surface area contributed by atoms with E-state index in [0.29, 0.717) is 22.8 Å². The SMILES string of the molecule is Cc1nc2ccc(Cl)cc2c(-c2ccccc2)c1C(=O)OCc1ccc(Cn2cccn2)cc1. The number of nitrogens with zero attached hydrogens (tertiary/aromatic N) is 3. The van der Waals surface area contributed by atoms with Crippen molar-refractivity contribution < 1.29 is 9.53 Å². The van der Waals surface area contributed by atoms with Gasteiger partial charge in [-0.15, -0.1) is 0 Å². The van der Waals surface area contributed by atoms with Crippen LogP contribution < -0.4 is 0 Å². The fourth-order valence-electron chi connectivity index (χ4n) is 4.06. The molecule has 6 heteroatoms. The van der Waals surface area contributed by atoms with Crippen LogP contribution >= 0.6 is 11.6 Å². The lowest BCUT2D eigenvalue weighted by atomic mass is 9.94. The summed E-state index contributed by atoms with van der Waals surface area (Å²) in [6, 6.07) is 25.2. The van der Waals surface area contributed by atoms with Crippen molar-refractivity contribution >= 4 is 28.5 Å². The Labute approximate surface area is 202 Å². The number of aromatic nitrogens is 3. The van der Waals surface area contributed by atoms with Gasteiger partial charge < -0.3 is 4.74 Å². The van der Waals surface area contributed by atoms with Crippen LogP contribution in [0.3, 0.4) is 0 Å². The molecule has 0 fully saturated rings. The minimum absolute atomic E-state index is 0.169. The van der Waals surface area contributed by atoms with Gasteiger partial charge in [-0.3, -0.25) is 9.67 Å². The van der Waals surface area contributed by atoms with Crippen LogP contribution in [0, 0.1) is 6.92 Å². The second-order valence-electron chi connectivity index (χ2n) is 8.07. The zero-order valence-corrected chi connectivity index (χ0v) is 19.4. The van der Waals surface area contributed by atoms with E-state index >= 15 is 0 Å². The van der Waals surface area contributed by atoms with E-state index in [-0.39, 0.29) is 6.61 Å². The Balaban J connectivity index is 1.43. The number of hydrogen-bond acceptors (Lipinski definition) is 4. The van der Waals surface area contributed by atoms with E-state index in [9.17, 15) is 4.79 Å². The van der Waals surface area contributed by atoms with E-state index in [1.807, 2.05) is 90.6 Å². The average Bonchev–Trinajstić information content (AvgIpc) is 3.36. The summed E-state index contributed by atoms with van der Waals surface area (Å²) in [6.07, 6.45) is 3.68. The summed E-state index contributed by atoms with van der Waals surface area (Å²) in [7, 11) is 0. The first-order valence-corrected chi connectivity index (χ1v) is 11.3. The number of esters is 1. The van der Waals surface area contributed by atoms with Crippen molar-refractivity contribution in [2.75, 3.05) is 0 Å². The van der Waals surface area contributed by atoms with Crippen molar-refractivity contribution in [1.29, 1.82) is 0 Å². The minimum Gasteiger partial charge on any atom is -0.457 e. The molecule has 0 N–H and O–H groups in total. The maximum atomic E-state index is 13.3. The van der Waals surface area contributed by atoms with Crippen LogP contribution in [0.2, 0.25) is 5.02 Å². The molecule has 3 aromatic carbocycles. The fourth-order valence-corrected chi connectivity index (χ4v) is 4.23. The molecule has 0 saturated carbocycles. The first-order chi connectivity index (χ1) is 16.6. The number of halogens is 1. The van der Waals surface area contributed by atoms with Crippen molar-refractivity contribution in [3.8, 4) is 11.1 Å². The number of ether oxygens (including phenoxy) is 1. The van der Waals surface area contributed by atoms with Crippen LogP contribution in [0.25, 0.3) is 22.0 Å². The van der Waals surface area contributed by atoms with E-state index in [0.717, 1.165) is 33.2 Å². The number of rotatable bonds is 6. The topological polar surface area (TPSA) is 57.0 Å². The minimum atomic E-state index is -0.411. The smallest absolute Gasteiger partial charge is 0.340 e. The van der Waals surface area contributed by atoms with Gasteiger partial charge in [0.25, 0.3) is 0 Å². The molecule has 0 aliphatic carbocycles. The zero-order valence-electron chi connectivity index (χ0n) is 18.6. The summed E-state index contributed by atoms with van der Waals surface area (Å²) in [5.41, 5.74) is 5.58. The molecule has 0 bridgehead atoms. The Bertz CT molecular complexity index is 1450. The predicted octanol–water partition coefficient (Wildman–Crippen LogP) is 6.47. The lowest BCUT2D eigenvalue weighted by molar-refractivity contribution is 0.0472. The van der Waals surface area contributed by atoms with Crippen LogP contribution in [0.4, 0.5) is 0 Å². The van der Waals surface area contributed by atoms with Crippen LogP contribution in [-0.2, 0) is 17.9 Å². The Morgan fingerprint density at radius 2 is 1.74 bits per heavy atom. The second kappa shape index (κ2) is 9.49. The normalized spacial score (nSPS) is 11.0. The van der Waals surface area contributed by atoms with Crippen molar-refractivity contribution in [2.24, 2.45) is 0 Å². The fraction of sp³-hybridized carbons (Fsp3) is 0.107. The summed E-state index contributed by atoms with van der Waals surface area (Å²) in [5.74, 6) is -0.411. The highest BCUT2D eigenvalue weighted by Gasteiger charge is 2.22. The number of fused-ring (bicyclic) bond motifs is 1. The van der Waals surface area contributed by atoms with E-state index < -0.39 is 5.97 Å². The van der Waals surface area contributed by atoms with Crippen molar-refractivity contribution in [3.63, 3.8) is 0 Å². The highest BCUT2D eigenvalue weighted by atomic mass is 35.5. The third-order valence-electron chi connectivity index (χ3n) is 5.69. The van der Waals surface area contributed by atoms with Gasteiger partial charge in [-0.05, 0) is 47.9 Å². The Morgan fingerprint density at radius 1 is 0.971 bits per heavy atom. The molecule has 2 aromatic heterocycles. The van der Waals surface area contributed by atoms with Crippen LogP contribution in [0.15, 0.2) is 91.3 Å².